The molecule has 0 unspecified atom stereocenters. The van der Waals surface area contributed by atoms with Crippen molar-refractivity contribution in [1.29, 1.82) is 10.5 Å². The molecule has 0 fully saturated rings. The van der Waals surface area contributed by atoms with Crippen molar-refractivity contribution in [1.82, 2.24) is 19.9 Å². The first-order valence-electron chi connectivity index (χ1n) is 12.4. The van der Waals surface area contributed by atoms with Crippen LogP contribution in [0, 0.1) is 22.7 Å². The molecule has 4 aromatic heterocycles. The van der Waals surface area contributed by atoms with Crippen LogP contribution in [0.1, 0.15) is 13.8 Å². The Morgan fingerprint density at radius 3 is 0.957 bits per heavy atom. The van der Waals surface area contributed by atoms with E-state index >= 15 is 0 Å². The van der Waals surface area contributed by atoms with Gasteiger partial charge in [0.2, 0.25) is 0 Å². The van der Waals surface area contributed by atoms with Gasteiger partial charge in [0.05, 0.1) is 12.1 Å². The van der Waals surface area contributed by atoms with Gasteiger partial charge < -0.3 is 55.4 Å². The van der Waals surface area contributed by atoms with Crippen LogP contribution in [-0.2, 0) is 16.8 Å². The van der Waals surface area contributed by atoms with Gasteiger partial charge in [0.1, 0.15) is 46.5 Å². The molecule has 46 heavy (non-hydrogen) atoms. The monoisotopic (exact) mass is 697 g/mol. The van der Waals surface area contributed by atoms with E-state index in [1.165, 1.54) is 13.8 Å². The van der Waals surface area contributed by atoms with Crippen LogP contribution in [-0.4, -0.2) is 41.5 Å². The number of hydrogen-bond acceptors (Lipinski definition) is 10. The minimum Gasteiger partial charge on any atom is -0.418 e. The van der Waals surface area contributed by atoms with Gasteiger partial charge in [-0.15, -0.1) is 0 Å². The molecule has 4 aromatic rings. The number of anilines is 8. The second-order valence-corrected chi connectivity index (χ2v) is 7.95. The largest absolute Gasteiger partial charge is 2.00 e. The third-order valence-corrected chi connectivity index (χ3v) is 4.42. The molecule has 5 rings (SSSR count). The van der Waals surface area contributed by atoms with E-state index in [-0.39, 0.29) is 16.8 Å². The second-order valence-electron chi connectivity index (χ2n) is 7.95. The van der Waals surface area contributed by atoms with Crippen molar-refractivity contribution in [2.45, 2.75) is 13.8 Å². The number of nitrogens with zero attached hydrogens (tertiary/aromatic N) is 7. The Morgan fingerprint density at radius 1 is 0.522 bits per heavy atom. The molecule has 0 saturated carbocycles. The summed E-state index contributed by atoms with van der Waals surface area (Å²) >= 11 is 0. The zero-order chi connectivity index (χ0) is 34.0. The molecule has 3 N–H and O–H groups in total. The SMILES string of the molecule is CC#N.CC#N.CN1c2cccc(n2)Nc2cccc(n2)Nc2cccc(n2)Nc2cccc1n2.F[B-](F)(F)F.F[B-](F)(F)F.[Co+2]. The van der Waals surface area contributed by atoms with Crippen LogP contribution < -0.4 is 20.9 Å². The molecule has 0 aliphatic carbocycles. The van der Waals surface area contributed by atoms with Gasteiger partial charge in [-0.3, -0.25) is 0 Å². The van der Waals surface area contributed by atoms with Crippen molar-refractivity contribution in [3.63, 3.8) is 0 Å². The van der Waals surface area contributed by atoms with E-state index in [1.54, 1.807) is 12.1 Å². The van der Waals surface area contributed by atoms with Gasteiger partial charge in [-0.1, -0.05) is 24.3 Å². The molecule has 0 aromatic carbocycles. The van der Waals surface area contributed by atoms with Gasteiger partial charge in [-0.05, 0) is 48.5 Å². The molecule has 8 bridgehead atoms. The minimum atomic E-state index is -6.00. The summed E-state index contributed by atoms with van der Waals surface area (Å²) in [5.74, 6) is 5.65. The van der Waals surface area contributed by atoms with Gasteiger partial charge >= 0.3 is 31.3 Å². The van der Waals surface area contributed by atoms with Crippen LogP contribution in [0.4, 0.5) is 81.1 Å². The zero-order valence-electron chi connectivity index (χ0n) is 24.1. The predicted molar refractivity (Wildman–Crippen MR) is 158 cm³/mol. The molecule has 10 nitrogen and oxygen atoms in total. The topological polar surface area (TPSA) is 138 Å². The summed E-state index contributed by atoms with van der Waals surface area (Å²) in [5, 5.41) is 24.4. The smallest absolute Gasteiger partial charge is 0.418 e. The molecule has 0 spiro atoms. The number of hydrogen-bond donors (Lipinski definition) is 3. The van der Waals surface area contributed by atoms with Gasteiger partial charge in [0, 0.05) is 20.9 Å². The molecule has 21 heteroatoms. The normalized spacial score (nSPS) is 10.8. The Balaban J connectivity index is 0.00000100. The number of halogens is 8. The van der Waals surface area contributed by atoms with E-state index in [0.29, 0.717) is 34.9 Å². The number of nitriles is 2. The van der Waals surface area contributed by atoms with E-state index in [4.69, 9.17) is 20.5 Å². The molecular formula is C25H24B2CoF8N10. The average Bonchev–Trinajstić information content (AvgIpc) is 2.92. The van der Waals surface area contributed by atoms with Crippen LogP contribution in [0.3, 0.4) is 0 Å². The molecule has 245 valence electrons. The fourth-order valence-electron chi connectivity index (χ4n) is 3.02. The maximum atomic E-state index is 9.75. The van der Waals surface area contributed by atoms with Crippen LogP contribution >= 0.6 is 0 Å². The first-order chi connectivity index (χ1) is 21.1. The summed E-state index contributed by atoms with van der Waals surface area (Å²) in [7, 11) is -10.1. The van der Waals surface area contributed by atoms with Crippen molar-refractivity contribution >= 4 is 61.1 Å². The van der Waals surface area contributed by atoms with Crippen molar-refractivity contribution in [2.75, 3.05) is 27.9 Å². The van der Waals surface area contributed by atoms with Crippen LogP contribution in [0.2, 0.25) is 0 Å². The van der Waals surface area contributed by atoms with Gasteiger partial charge in [-0.2, -0.15) is 10.5 Å². The van der Waals surface area contributed by atoms with E-state index in [1.807, 2.05) is 84.7 Å². The number of aromatic nitrogens is 4. The molecule has 1 aliphatic heterocycles. The first-order valence-corrected chi connectivity index (χ1v) is 12.4. The van der Waals surface area contributed by atoms with Gasteiger partial charge in [0.15, 0.2) is 0 Å². The fourth-order valence-corrected chi connectivity index (χ4v) is 3.02. The van der Waals surface area contributed by atoms with Crippen LogP contribution in [0.15, 0.2) is 72.8 Å². The van der Waals surface area contributed by atoms with E-state index < -0.39 is 14.5 Å². The molecule has 0 saturated heterocycles. The molecule has 0 atom stereocenters. The fraction of sp³-hybridized carbons (Fsp3) is 0.120. The molecule has 1 radical (unpaired) electrons. The van der Waals surface area contributed by atoms with E-state index in [2.05, 4.69) is 25.9 Å². The van der Waals surface area contributed by atoms with E-state index in [9.17, 15) is 34.5 Å². The Bertz CT molecular complexity index is 1460. The number of rotatable bonds is 0. The number of nitrogens with one attached hydrogen (secondary N) is 3. The summed E-state index contributed by atoms with van der Waals surface area (Å²) in [5.41, 5.74) is 0. The van der Waals surface area contributed by atoms with Crippen molar-refractivity contribution in [2.24, 2.45) is 0 Å². The van der Waals surface area contributed by atoms with Crippen LogP contribution in [0.25, 0.3) is 0 Å². The second kappa shape index (κ2) is 20.0. The summed E-state index contributed by atoms with van der Waals surface area (Å²) in [4.78, 5) is 20.5. The predicted octanol–water partition coefficient (Wildman–Crippen LogP) is 8.24. The summed E-state index contributed by atoms with van der Waals surface area (Å²) in [6, 6.07) is 26.5. The standard InChI is InChI=1S/C21H18N8.2C2H3N.2BF4.Co/c1-29-20-12-4-10-18(27-20)25-16-8-2-6-14(23-16)22-15-7-3-9-17(24-15)26-19-11-5-13-21(29)28-19;2*1-2-3;2*2-1(3,4)5;/h2-13H,1H3,(H3,22,23,24,25,26,27,28);2*1H3;;;/q;;;2*-1;+2. The zero-order valence-corrected chi connectivity index (χ0v) is 25.1. The maximum absolute atomic E-state index is 9.75. The summed E-state index contributed by atoms with van der Waals surface area (Å²) < 4.78 is 78.0. The first kappa shape index (κ1) is 40.9. The van der Waals surface area contributed by atoms with Gasteiger partial charge in [-0.25, -0.2) is 19.9 Å². The molecule has 1 aliphatic rings. The third kappa shape index (κ3) is 18.5. The quantitative estimate of drug-likeness (QED) is 0.122. The summed E-state index contributed by atoms with van der Waals surface area (Å²) in [6.45, 7) is 2.86. The molecule has 0 amide bonds. The molecule has 5 heterocycles. The minimum absolute atomic E-state index is 0. The number of fused-ring (bicyclic) bond motifs is 8. The van der Waals surface area contributed by atoms with Crippen LogP contribution in [0.5, 0.6) is 0 Å². The molecular weight excluding hydrogens is 673 g/mol. The number of pyridine rings is 4. The Morgan fingerprint density at radius 2 is 0.717 bits per heavy atom. The van der Waals surface area contributed by atoms with Crippen molar-refractivity contribution < 1.29 is 51.3 Å². The third-order valence-electron chi connectivity index (χ3n) is 4.42. The maximum Gasteiger partial charge on any atom is 2.00 e. The van der Waals surface area contributed by atoms with E-state index in [0.717, 1.165) is 11.6 Å². The Hall–Kier alpha value is -5.14. The van der Waals surface area contributed by atoms with Crippen molar-refractivity contribution in [3.05, 3.63) is 72.8 Å². The van der Waals surface area contributed by atoms with Crippen molar-refractivity contribution in [3.8, 4) is 12.1 Å². The van der Waals surface area contributed by atoms with Gasteiger partial charge in [0.25, 0.3) is 0 Å². The average molecular weight is 697 g/mol. The Kier molecular flexibility index (Phi) is 17.8. The summed E-state index contributed by atoms with van der Waals surface area (Å²) in [6.07, 6.45) is 0. The Labute approximate surface area is 269 Å².